The first-order valence-corrected chi connectivity index (χ1v) is 7.33. The molecule has 2 aromatic rings. The standard InChI is InChI=1S/C18H21ClO2/c1-18(2,3)15-8-6-5-7-13(15)17(20)14-11-12(19)9-10-16(14)21-4/h5-11,17,20H,1-4H3. The number of halogens is 1. The third-order valence-corrected chi connectivity index (χ3v) is 3.78. The van der Waals surface area contributed by atoms with E-state index in [-0.39, 0.29) is 5.41 Å². The molecule has 2 aromatic carbocycles. The van der Waals surface area contributed by atoms with Gasteiger partial charge in [-0.1, -0.05) is 56.6 Å². The van der Waals surface area contributed by atoms with E-state index < -0.39 is 6.10 Å². The molecule has 1 atom stereocenters. The van der Waals surface area contributed by atoms with E-state index in [1.165, 1.54) is 0 Å². The van der Waals surface area contributed by atoms with Gasteiger partial charge in [-0.15, -0.1) is 0 Å². The van der Waals surface area contributed by atoms with Gasteiger partial charge in [0, 0.05) is 10.6 Å². The molecule has 0 fully saturated rings. The average Bonchev–Trinajstić information content (AvgIpc) is 2.45. The lowest BCUT2D eigenvalue weighted by Gasteiger charge is -2.26. The molecule has 112 valence electrons. The van der Waals surface area contributed by atoms with Gasteiger partial charge in [-0.25, -0.2) is 0 Å². The lowest BCUT2D eigenvalue weighted by atomic mass is 9.81. The summed E-state index contributed by atoms with van der Waals surface area (Å²) in [6.07, 6.45) is -0.769. The lowest BCUT2D eigenvalue weighted by Crippen LogP contribution is -2.16. The van der Waals surface area contributed by atoms with Crippen LogP contribution < -0.4 is 4.74 Å². The maximum atomic E-state index is 10.8. The average molecular weight is 305 g/mol. The molecule has 0 saturated heterocycles. The first kappa shape index (κ1) is 15.9. The Labute approximate surface area is 131 Å². The van der Waals surface area contributed by atoms with E-state index in [1.807, 2.05) is 18.2 Å². The van der Waals surface area contributed by atoms with Crippen LogP contribution in [0.25, 0.3) is 0 Å². The zero-order valence-corrected chi connectivity index (χ0v) is 13.6. The van der Waals surface area contributed by atoms with Crippen LogP contribution in [0.4, 0.5) is 0 Å². The summed E-state index contributed by atoms with van der Waals surface area (Å²) >= 11 is 6.07. The van der Waals surface area contributed by atoms with Crippen molar-refractivity contribution in [2.75, 3.05) is 7.11 Å². The molecule has 0 aliphatic rings. The molecule has 0 spiro atoms. The second-order valence-corrected chi connectivity index (χ2v) is 6.56. The largest absolute Gasteiger partial charge is 0.496 e. The summed E-state index contributed by atoms with van der Waals surface area (Å²) < 4.78 is 5.35. The van der Waals surface area contributed by atoms with Crippen LogP contribution in [0.15, 0.2) is 42.5 Å². The van der Waals surface area contributed by atoms with Crippen molar-refractivity contribution in [3.05, 3.63) is 64.2 Å². The fourth-order valence-electron chi connectivity index (χ4n) is 2.50. The van der Waals surface area contributed by atoms with E-state index in [0.717, 1.165) is 11.1 Å². The lowest BCUT2D eigenvalue weighted by molar-refractivity contribution is 0.212. The maximum absolute atomic E-state index is 10.8. The Balaban J connectivity index is 2.56. The smallest absolute Gasteiger partial charge is 0.125 e. The van der Waals surface area contributed by atoms with E-state index in [0.29, 0.717) is 16.3 Å². The summed E-state index contributed by atoms with van der Waals surface area (Å²) in [5.74, 6) is 0.635. The summed E-state index contributed by atoms with van der Waals surface area (Å²) in [5.41, 5.74) is 2.62. The molecule has 0 amide bonds. The molecule has 0 radical (unpaired) electrons. The van der Waals surface area contributed by atoms with Gasteiger partial charge in [-0.05, 0) is 34.7 Å². The number of methoxy groups -OCH3 is 1. The number of aliphatic hydroxyl groups excluding tert-OH is 1. The van der Waals surface area contributed by atoms with Crippen molar-refractivity contribution in [1.82, 2.24) is 0 Å². The van der Waals surface area contributed by atoms with Crippen LogP contribution in [0.3, 0.4) is 0 Å². The van der Waals surface area contributed by atoms with E-state index in [2.05, 4.69) is 26.8 Å². The maximum Gasteiger partial charge on any atom is 0.125 e. The molecule has 0 aliphatic carbocycles. The predicted octanol–water partition coefficient (Wildman–Crippen LogP) is 4.73. The first-order chi connectivity index (χ1) is 9.84. The number of aliphatic hydroxyl groups is 1. The van der Waals surface area contributed by atoms with Crippen LogP contribution in [0.2, 0.25) is 5.02 Å². The van der Waals surface area contributed by atoms with Crippen LogP contribution in [0, 0.1) is 0 Å². The molecule has 0 aliphatic heterocycles. The number of ether oxygens (including phenoxy) is 1. The van der Waals surface area contributed by atoms with Crippen LogP contribution >= 0.6 is 11.6 Å². The van der Waals surface area contributed by atoms with Gasteiger partial charge in [0.2, 0.25) is 0 Å². The number of rotatable bonds is 3. The monoisotopic (exact) mass is 304 g/mol. The highest BCUT2D eigenvalue weighted by atomic mass is 35.5. The van der Waals surface area contributed by atoms with Gasteiger partial charge in [0.1, 0.15) is 11.9 Å². The van der Waals surface area contributed by atoms with Crippen LogP contribution in [0.1, 0.15) is 43.6 Å². The Hall–Kier alpha value is -1.51. The second kappa shape index (κ2) is 6.08. The third-order valence-electron chi connectivity index (χ3n) is 3.55. The van der Waals surface area contributed by atoms with Crippen molar-refractivity contribution in [3.63, 3.8) is 0 Å². The van der Waals surface area contributed by atoms with E-state index >= 15 is 0 Å². The van der Waals surface area contributed by atoms with Crippen LogP contribution in [-0.4, -0.2) is 12.2 Å². The van der Waals surface area contributed by atoms with Gasteiger partial charge in [0.15, 0.2) is 0 Å². The van der Waals surface area contributed by atoms with Crippen LogP contribution in [-0.2, 0) is 5.41 Å². The second-order valence-electron chi connectivity index (χ2n) is 6.13. The van der Waals surface area contributed by atoms with Crippen LogP contribution in [0.5, 0.6) is 5.75 Å². The van der Waals surface area contributed by atoms with Crippen molar-refractivity contribution in [2.24, 2.45) is 0 Å². The van der Waals surface area contributed by atoms with Gasteiger partial charge in [-0.3, -0.25) is 0 Å². The summed E-state index contributed by atoms with van der Waals surface area (Å²) in [5, 5.41) is 11.4. The Morgan fingerprint density at radius 2 is 1.71 bits per heavy atom. The van der Waals surface area contributed by atoms with Gasteiger partial charge in [-0.2, -0.15) is 0 Å². The summed E-state index contributed by atoms with van der Waals surface area (Å²) in [7, 11) is 1.59. The predicted molar refractivity (Wildman–Crippen MR) is 87.2 cm³/mol. The van der Waals surface area contributed by atoms with E-state index in [9.17, 15) is 5.11 Å². The quantitative estimate of drug-likeness (QED) is 0.888. The number of benzene rings is 2. The molecule has 2 nitrogen and oxygen atoms in total. The molecule has 0 heterocycles. The Morgan fingerprint density at radius 1 is 1.05 bits per heavy atom. The van der Waals surface area contributed by atoms with Crippen molar-refractivity contribution < 1.29 is 9.84 Å². The Kier molecular flexibility index (Phi) is 4.60. The zero-order valence-electron chi connectivity index (χ0n) is 12.9. The highest BCUT2D eigenvalue weighted by molar-refractivity contribution is 6.30. The molecule has 3 heteroatoms. The van der Waals surface area contributed by atoms with E-state index in [1.54, 1.807) is 25.3 Å². The van der Waals surface area contributed by atoms with Gasteiger partial charge in [0.05, 0.1) is 7.11 Å². The normalized spacial score (nSPS) is 13.0. The number of hydrogen-bond donors (Lipinski definition) is 1. The Bertz CT molecular complexity index is 629. The molecule has 1 N–H and O–H groups in total. The summed E-state index contributed by atoms with van der Waals surface area (Å²) in [4.78, 5) is 0. The fraction of sp³-hybridized carbons (Fsp3) is 0.333. The number of hydrogen-bond acceptors (Lipinski definition) is 2. The molecule has 0 aromatic heterocycles. The van der Waals surface area contributed by atoms with E-state index in [4.69, 9.17) is 16.3 Å². The molecule has 2 rings (SSSR count). The summed E-state index contributed by atoms with van der Waals surface area (Å²) in [6, 6.07) is 13.2. The third kappa shape index (κ3) is 3.39. The first-order valence-electron chi connectivity index (χ1n) is 6.95. The molecule has 0 bridgehead atoms. The summed E-state index contributed by atoms with van der Waals surface area (Å²) in [6.45, 7) is 6.40. The minimum Gasteiger partial charge on any atom is -0.496 e. The van der Waals surface area contributed by atoms with Gasteiger partial charge in [0.25, 0.3) is 0 Å². The van der Waals surface area contributed by atoms with Crippen molar-refractivity contribution in [1.29, 1.82) is 0 Å². The van der Waals surface area contributed by atoms with Crippen molar-refractivity contribution in [2.45, 2.75) is 32.3 Å². The minimum atomic E-state index is -0.769. The zero-order chi connectivity index (χ0) is 15.6. The molecule has 1 unspecified atom stereocenters. The molecule has 0 saturated carbocycles. The Morgan fingerprint density at radius 3 is 2.33 bits per heavy atom. The SMILES string of the molecule is COc1ccc(Cl)cc1C(O)c1ccccc1C(C)(C)C. The van der Waals surface area contributed by atoms with Gasteiger partial charge < -0.3 is 9.84 Å². The highest BCUT2D eigenvalue weighted by Crippen LogP contribution is 2.36. The molecule has 21 heavy (non-hydrogen) atoms. The molecular weight excluding hydrogens is 284 g/mol. The van der Waals surface area contributed by atoms with Crippen molar-refractivity contribution in [3.8, 4) is 5.75 Å². The van der Waals surface area contributed by atoms with Crippen molar-refractivity contribution >= 4 is 11.6 Å². The molecular formula is C18H21ClO2. The van der Waals surface area contributed by atoms with Gasteiger partial charge >= 0.3 is 0 Å². The highest BCUT2D eigenvalue weighted by Gasteiger charge is 2.24. The minimum absolute atomic E-state index is 0.0522. The topological polar surface area (TPSA) is 29.5 Å². The fourth-order valence-corrected chi connectivity index (χ4v) is 2.69.